The molecule has 2 unspecified atom stereocenters. The highest BCUT2D eigenvalue weighted by Crippen LogP contribution is 2.54. The van der Waals surface area contributed by atoms with Gasteiger partial charge in [-0.05, 0) is 11.3 Å². The van der Waals surface area contributed by atoms with Crippen LogP contribution in [-0.2, 0) is 0 Å². The standard InChI is InChI=1S/C6H12S/c1-4-5(7)6(4,2)3/h4-5,7H,1-3H3. The Morgan fingerprint density at radius 3 is 1.57 bits per heavy atom. The van der Waals surface area contributed by atoms with Crippen LogP contribution in [0.25, 0.3) is 0 Å². The van der Waals surface area contributed by atoms with E-state index in [1.165, 1.54) is 0 Å². The van der Waals surface area contributed by atoms with Gasteiger partial charge in [0.05, 0.1) is 0 Å². The number of thiol groups is 1. The molecule has 0 aromatic heterocycles. The Hall–Kier alpha value is 0.350. The maximum Gasteiger partial charge on any atom is 0.0102 e. The summed E-state index contributed by atoms with van der Waals surface area (Å²) in [6.45, 7) is 6.77. The van der Waals surface area contributed by atoms with Gasteiger partial charge in [-0.3, -0.25) is 0 Å². The van der Waals surface area contributed by atoms with Gasteiger partial charge >= 0.3 is 0 Å². The molecule has 1 aliphatic rings. The van der Waals surface area contributed by atoms with Gasteiger partial charge in [0, 0.05) is 5.25 Å². The first-order chi connectivity index (χ1) is 3.07. The molecule has 0 nitrogen and oxygen atoms in total. The Kier molecular flexibility index (Phi) is 0.934. The van der Waals surface area contributed by atoms with Crippen LogP contribution in [0.15, 0.2) is 0 Å². The largest absolute Gasteiger partial charge is 0.175 e. The van der Waals surface area contributed by atoms with Crippen LogP contribution >= 0.6 is 12.6 Å². The summed E-state index contributed by atoms with van der Waals surface area (Å²) < 4.78 is 0. The molecule has 1 aliphatic carbocycles. The second kappa shape index (κ2) is 1.19. The van der Waals surface area contributed by atoms with Gasteiger partial charge in [-0.15, -0.1) is 0 Å². The van der Waals surface area contributed by atoms with Crippen LogP contribution < -0.4 is 0 Å². The maximum absolute atomic E-state index is 4.35. The molecular formula is C6H12S. The van der Waals surface area contributed by atoms with Crippen LogP contribution in [0, 0.1) is 11.3 Å². The third-order valence-corrected chi connectivity index (χ3v) is 3.41. The third kappa shape index (κ3) is 0.584. The van der Waals surface area contributed by atoms with Crippen molar-refractivity contribution in [3.8, 4) is 0 Å². The number of hydrogen-bond donors (Lipinski definition) is 1. The third-order valence-electron chi connectivity index (χ3n) is 2.30. The van der Waals surface area contributed by atoms with Crippen molar-refractivity contribution in [2.75, 3.05) is 0 Å². The van der Waals surface area contributed by atoms with Crippen molar-refractivity contribution in [2.45, 2.75) is 26.0 Å². The van der Waals surface area contributed by atoms with Crippen LogP contribution in [-0.4, -0.2) is 5.25 Å². The Labute approximate surface area is 50.7 Å². The summed E-state index contributed by atoms with van der Waals surface area (Å²) in [5.74, 6) is 0.829. The predicted octanol–water partition coefficient (Wildman–Crippen LogP) is 1.96. The maximum atomic E-state index is 4.35. The molecule has 7 heavy (non-hydrogen) atoms. The molecule has 1 saturated carbocycles. The molecular weight excluding hydrogens is 104 g/mol. The molecule has 1 heteroatoms. The SMILES string of the molecule is CC1C(S)C1(C)C. The van der Waals surface area contributed by atoms with Crippen LogP contribution in [0.2, 0.25) is 0 Å². The Balaban J connectivity index is 2.52. The lowest BCUT2D eigenvalue weighted by Crippen LogP contribution is -1.86. The number of hydrogen-bond acceptors (Lipinski definition) is 1. The summed E-state index contributed by atoms with van der Waals surface area (Å²) in [7, 11) is 0. The smallest absolute Gasteiger partial charge is 0.0102 e. The Bertz CT molecular complexity index is 76.2. The van der Waals surface area contributed by atoms with Crippen molar-refractivity contribution < 1.29 is 0 Å². The van der Waals surface area contributed by atoms with Crippen molar-refractivity contribution in [1.82, 2.24) is 0 Å². The first kappa shape index (κ1) is 5.49. The minimum absolute atomic E-state index is 0.531. The fraction of sp³-hybridized carbons (Fsp3) is 1.00. The molecule has 0 aromatic carbocycles. The average Bonchev–Trinajstić information content (AvgIpc) is 1.91. The van der Waals surface area contributed by atoms with Gasteiger partial charge in [0.15, 0.2) is 0 Å². The zero-order valence-corrected chi connectivity index (χ0v) is 6.00. The molecule has 1 rings (SSSR count). The van der Waals surface area contributed by atoms with Crippen molar-refractivity contribution >= 4 is 12.6 Å². The van der Waals surface area contributed by atoms with Gasteiger partial charge < -0.3 is 0 Å². The van der Waals surface area contributed by atoms with Crippen molar-refractivity contribution in [2.24, 2.45) is 11.3 Å². The van der Waals surface area contributed by atoms with E-state index in [1.807, 2.05) is 0 Å². The summed E-state index contributed by atoms with van der Waals surface area (Å²) in [5, 5.41) is 0.660. The lowest BCUT2D eigenvalue weighted by atomic mass is 10.1. The van der Waals surface area contributed by atoms with E-state index in [1.54, 1.807) is 0 Å². The van der Waals surface area contributed by atoms with Crippen molar-refractivity contribution in [3.05, 3.63) is 0 Å². The summed E-state index contributed by atoms with van der Waals surface area (Å²) in [6, 6.07) is 0. The van der Waals surface area contributed by atoms with E-state index in [9.17, 15) is 0 Å². The van der Waals surface area contributed by atoms with Gasteiger partial charge in [-0.1, -0.05) is 20.8 Å². The van der Waals surface area contributed by atoms with Gasteiger partial charge in [0.2, 0.25) is 0 Å². The minimum Gasteiger partial charge on any atom is -0.175 e. The fourth-order valence-corrected chi connectivity index (χ4v) is 1.40. The monoisotopic (exact) mass is 116 g/mol. The first-order valence-electron chi connectivity index (χ1n) is 2.75. The number of rotatable bonds is 0. The van der Waals surface area contributed by atoms with Gasteiger partial charge in [0.25, 0.3) is 0 Å². The molecule has 0 heterocycles. The van der Waals surface area contributed by atoms with E-state index < -0.39 is 0 Å². The predicted molar refractivity (Wildman–Crippen MR) is 35.7 cm³/mol. The molecule has 0 bridgehead atoms. The van der Waals surface area contributed by atoms with Gasteiger partial charge in [0.1, 0.15) is 0 Å². The highest BCUT2D eigenvalue weighted by atomic mass is 32.1. The molecule has 2 atom stereocenters. The Morgan fingerprint density at radius 1 is 1.43 bits per heavy atom. The van der Waals surface area contributed by atoms with E-state index in [2.05, 4.69) is 33.4 Å². The molecule has 0 radical (unpaired) electrons. The average molecular weight is 116 g/mol. The molecule has 0 N–H and O–H groups in total. The highest BCUT2D eigenvalue weighted by molar-refractivity contribution is 7.81. The van der Waals surface area contributed by atoms with Crippen LogP contribution in [0.3, 0.4) is 0 Å². The zero-order chi connectivity index (χ0) is 5.65. The molecule has 1 fully saturated rings. The second-order valence-electron chi connectivity index (χ2n) is 3.05. The lowest BCUT2D eigenvalue weighted by Gasteiger charge is -1.93. The highest BCUT2D eigenvalue weighted by Gasteiger charge is 2.51. The second-order valence-corrected chi connectivity index (χ2v) is 3.61. The molecule has 42 valence electrons. The summed E-state index contributed by atoms with van der Waals surface area (Å²) >= 11 is 4.35. The molecule has 0 aliphatic heterocycles. The van der Waals surface area contributed by atoms with Gasteiger partial charge in [-0.2, -0.15) is 12.6 Å². The molecule has 0 aromatic rings. The first-order valence-corrected chi connectivity index (χ1v) is 3.26. The minimum atomic E-state index is 0.531. The summed E-state index contributed by atoms with van der Waals surface area (Å²) in [6.07, 6.45) is 0. The summed E-state index contributed by atoms with van der Waals surface area (Å²) in [4.78, 5) is 0. The Morgan fingerprint density at radius 2 is 1.57 bits per heavy atom. The zero-order valence-electron chi connectivity index (χ0n) is 5.10. The van der Waals surface area contributed by atoms with E-state index in [4.69, 9.17) is 0 Å². The van der Waals surface area contributed by atoms with E-state index in [0.717, 1.165) is 5.92 Å². The molecule has 0 amide bonds. The van der Waals surface area contributed by atoms with E-state index in [0.29, 0.717) is 10.7 Å². The van der Waals surface area contributed by atoms with Crippen LogP contribution in [0.4, 0.5) is 0 Å². The fourth-order valence-electron chi connectivity index (χ4n) is 0.863. The van der Waals surface area contributed by atoms with Crippen LogP contribution in [0.1, 0.15) is 20.8 Å². The quantitative estimate of drug-likeness (QED) is 0.459. The van der Waals surface area contributed by atoms with E-state index >= 15 is 0 Å². The summed E-state index contributed by atoms with van der Waals surface area (Å²) in [5.41, 5.74) is 0.531. The van der Waals surface area contributed by atoms with Gasteiger partial charge in [-0.25, -0.2) is 0 Å². The molecule has 0 spiro atoms. The van der Waals surface area contributed by atoms with E-state index in [-0.39, 0.29) is 0 Å². The van der Waals surface area contributed by atoms with Crippen molar-refractivity contribution in [3.63, 3.8) is 0 Å². The van der Waals surface area contributed by atoms with Crippen molar-refractivity contribution in [1.29, 1.82) is 0 Å². The topological polar surface area (TPSA) is 0 Å². The lowest BCUT2D eigenvalue weighted by molar-refractivity contribution is 0.587. The normalized spacial score (nSPS) is 46.3. The van der Waals surface area contributed by atoms with Crippen LogP contribution in [0.5, 0.6) is 0 Å². The molecule has 0 saturated heterocycles.